The predicted molar refractivity (Wildman–Crippen MR) is 90.1 cm³/mol. The lowest BCUT2D eigenvalue weighted by molar-refractivity contribution is -0.119. The smallest absolute Gasteiger partial charge is 0.406 e. The molecule has 2 N–H and O–H groups in total. The van der Waals surface area contributed by atoms with Gasteiger partial charge in [-0.2, -0.15) is 0 Å². The molecule has 0 radical (unpaired) electrons. The normalized spacial score (nSPS) is 15.7. The highest BCUT2D eigenvalue weighted by molar-refractivity contribution is 5.66. The van der Waals surface area contributed by atoms with Crippen LogP contribution in [0.2, 0.25) is 0 Å². The van der Waals surface area contributed by atoms with Gasteiger partial charge in [-0.25, -0.2) is 9.78 Å². The Morgan fingerprint density at radius 3 is 2.57 bits per heavy atom. The first-order valence-electron chi connectivity index (χ1n) is 8.08. The van der Waals surface area contributed by atoms with Crippen LogP contribution in [-0.2, 0) is 9.53 Å². The van der Waals surface area contributed by atoms with Crippen molar-refractivity contribution in [1.29, 1.82) is 0 Å². The van der Waals surface area contributed by atoms with Crippen molar-refractivity contribution in [2.45, 2.75) is 53.0 Å². The van der Waals surface area contributed by atoms with Crippen molar-refractivity contribution in [3.05, 3.63) is 17.7 Å². The third-order valence-electron chi connectivity index (χ3n) is 2.97. The number of aromatic nitrogens is 2. The summed E-state index contributed by atoms with van der Waals surface area (Å²) in [6.07, 6.45) is 5.68. The minimum absolute atomic E-state index is 0.172. The number of nitrogens with zero attached hydrogens (tertiary/aromatic N) is 2. The fourth-order valence-electron chi connectivity index (χ4n) is 2.03. The summed E-state index contributed by atoms with van der Waals surface area (Å²) < 4.78 is 4.24. The molecule has 2 heterocycles. The second-order valence-corrected chi connectivity index (χ2v) is 5.18. The summed E-state index contributed by atoms with van der Waals surface area (Å²) >= 11 is 0. The maximum atomic E-state index is 10.7. The van der Waals surface area contributed by atoms with Gasteiger partial charge in [0.1, 0.15) is 5.82 Å². The number of rotatable bonds is 3. The van der Waals surface area contributed by atoms with Crippen LogP contribution in [0.5, 0.6) is 0 Å². The van der Waals surface area contributed by atoms with Gasteiger partial charge < -0.3 is 19.9 Å². The van der Waals surface area contributed by atoms with E-state index < -0.39 is 0 Å². The standard InChI is InChI=1S/C9H13N3O.C4H9NO2.C3H8/c1-7-5-10-9(11-7)8-3-2-4-12(8)6-13;1-3-5-4(6)7-2;1-3-2/h5-6,8H,2-4H2,1H3,(H,10,11);3H2,1-2H3,(H,5,6);3H2,1-2H3. The van der Waals surface area contributed by atoms with E-state index >= 15 is 0 Å². The summed E-state index contributed by atoms with van der Waals surface area (Å²) in [6, 6.07) is 0.172. The molecule has 0 saturated carbocycles. The molecule has 7 nitrogen and oxygen atoms in total. The predicted octanol–water partition coefficient (Wildman–Crippen LogP) is 2.79. The number of alkyl carbamates (subject to hydrolysis) is 1. The lowest BCUT2D eigenvalue weighted by atomic mass is 10.2. The van der Waals surface area contributed by atoms with Crippen molar-refractivity contribution in [1.82, 2.24) is 20.2 Å². The molecule has 1 unspecified atom stereocenters. The topological polar surface area (TPSA) is 87.3 Å². The van der Waals surface area contributed by atoms with Crippen molar-refractivity contribution >= 4 is 12.5 Å². The Morgan fingerprint density at radius 1 is 1.52 bits per heavy atom. The van der Waals surface area contributed by atoms with Gasteiger partial charge in [-0.15, -0.1) is 0 Å². The molecule has 132 valence electrons. The molecule has 1 aromatic rings. The van der Waals surface area contributed by atoms with Crippen LogP contribution in [0.3, 0.4) is 0 Å². The monoisotopic (exact) mass is 326 g/mol. The third-order valence-corrected chi connectivity index (χ3v) is 2.97. The number of aromatic amines is 1. The number of likely N-dealkylation sites (tertiary alicyclic amines) is 1. The highest BCUT2D eigenvalue weighted by Crippen LogP contribution is 2.28. The van der Waals surface area contributed by atoms with E-state index in [1.54, 1.807) is 11.1 Å². The molecular formula is C16H30N4O3. The van der Waals surface area contributed by atoms with Crippen LogP contribution in [0.15, 0.2) is 6.20 Å². The van der Waals surface area contributed by atoms with E-state index in [9.17, 15) is 9.59 Å². The molecule has 1 atom stereocenters. The summed E-state index contributed by atoms with van der Waals surface area (Å²) in [7, 11) is 1.34. The minimum Gasteiger partial charge on any atom is -0.453 e. The zero-order valence-corrected chi connectivity index (χ0v) is 14.9. The molecule has 1 fully saturated rings. The highest BCUT2D eigenvalue weighted by Gasteiger charge is 2.26. The molecule has 2 rings (SSSR count). The van der Waals surface area contributed by atoms with E-state index in [2.05, 4.69) is 33.9 Å². The zero-order valence-electron chi connectivity index (χ0n) is 14.9. The van der Waals surface area contributed by atoms with E-state index in [1.165, 1.54) is 13.5 Å². The Balaban J connectivity index is 0.000000412. The molecule has 1 aliphatic heterocycles. The molecule has 2 amide bonds. The molecule has 0 spiro atoms. The third kappa shape index (κ3) is 8.23. The van der Waals surface area contributed by atoms with Gasteiger partial charge in [0.2, 0.25) is 6.41 Å². The van der Waals surface area contributed by atoms with Gasteiger partial charge >= 0.3 is 6.09 Å². The van der Waals surface area contributed by atoms with Crippen molar-refractivity contribution in [2.24, 2.45) is 0 Å². The second kappa shape index (κ2) is 12.5. The molecule has 1 saturated heterocycles. The fraction of sp³-hybridized carbons (Fsp3) is 0.688. The molecular weight excluding hydrogens is 296 g/mol. The number of carbonyl (C=O) groups excluding carboxylic acids is 2. The van der Waals surface area contributed by atoms with Gasteiger partial charge in [-0.3, -0.25) is 4.79 Å². The molecule has 0 aliphatic carbocycles. The Labute approximate surface area is 138 Å². The summed E-state index contributed by atoms with van der Waals surface area (Å²) in [5.74, 6) is 0.919. The van der Waals surface area contributed by atoms with Crippen molar-refractivity contribution in [3.8, 4) is 0 Å². The number of hydrogen-bond acceptors (Lipinski definition) is 4. The van der Waals surface area contributed by atoms with Crippen LogP contribution in [0, 0.1) is 6.92 Å². The van der Waals surface area contributed by atoms with Crippen molar-refractivity contribution in [2.75, 3.05) is 20.2 Å². The van der Waals surface area contributed by atoms with E-state index in [0.717, 1.165) is 37.3 Å². The van der Waals surface area contributed by atoms with Crippen LogP contribution in [0.1, 0.15) is 57.6 Å². The average molecular weight is 326 g/mol. The van der Waals surface area contributed by atoms with E-state index in [0.29, 0.717) is 6.54 Å². The van der Waals surface area contributed by atoms with Gasteiger partial charge in [-0.1, -0.05) is 20.3 Å². The number of ether oxygens (including phenoxy) is 1. The van der Waals surface area contributed by atoms with E-state index in [1.807, 2.05) is 13.8 Å². The molecule has 1 aliphatic rings. The first kappa shape index (κ1) is 20.9. The van der Waals surface area contributed by atoms with Crippen LogP contribution in [-0.4, -0.2) is 47.6 Å². The molecule has 0 aromatic carbocycles. The highest BCUT2D eigenvalue weighted by atomic mass is 16.5. The average Bonchev–Trinajstić information content (AvgIpc) is 3.17. The maximum absolute atomic E-state index is 10.7. The summed E-state index contributed by atoms with van der Waals surface area (Å²) in [6.45, 7) is 9.52. The zero-order chi connectivity index (χ0) is 17.7. The SMILES string of the molecule is CCC.CCNC(=O)OC.Cc1cnc(C2CCCN2C=O)[nH]1. The Morgan fingerprint density at radius 2 is 2.17 bits per heavy atom. The number of imidazole rings is 1. The number of methoxy groups -OCH3 is 1. The Kier molecular flexibility index (Phi) is 11.4. The van der Waals surface area contributed by atoms with Crippen LogP contribution >= 0.6 is 0 Å². The Bertz CT molecular complexity index is 448. The molecule has 1 aromatic heterocycles. The van der Waals surface area contributed by atoms with Crippen molar-refractivity contribution in [3.63, 3.8) is 0 Å². The largest absolute Gasteiger partial charge is 0.453 e. The fourth-order valence-corrected chi connectivity index (χ4v) is 2.03. The number of amides is 2. The quantitative estimate of drug-likeness (QED) is 0.836. The number of hydrogen-bond donors (Lipinski definition) is 2. The first-order valence-corrected chi connectivity index (χ1v) is 8.08. The van der Waals surface area contributed by atoms with E-state index in [4.69, 9.17) is 0 Å². The summed E-state index contributed by atoms with van der Waals surface area (Å²) in [4.78, 5) is 30.0. The Hall–Kier alpha value is -2.05. The second-order valence-electron chi connectivity index (χ2n) is 5.18. The first-order chi connectivity index (χ1) is 11.0. The lowest BCUT2D eigenvalue weighted by Gasteiger charge is -2.17. The number of nitrogens with one attached hydrogen (secondary N) is 2. The molecule has 0 bridgehead atoms. The maximum Gasteiger partial charge on any atom is 0.406 e. The minimum atomic E-state index is -0.373. The van der Waals surface area contributed by atoms with Gasteiger partial charge in [0.05, 0.1) is 13.2 Å². The lowest BCUT2D eigenvalue weighted by Crippen LogP contribution is -2.21. The molecule has 23 heavy (non-hydrogen) atoms. The van der Waals surface area contributed by atoms with Gasteiger partial charge in [0, 0.05) is 25.0 Å². The van der Waals surface area contributed by atoms with Crippen LogP contribution in [0.25, 0.3) is 0 Å². The molecule has 7 heteroatoms. The van der Waals surface area contributed by atoms with Gasteiger partial charge in [-0.05, 0) is 26.7 Å². The summed E-state index contributed by atoms with van der Waals surface area (Å²) in [5.41, 5.74) is 1.05. The number of aryl methyl sites for hydroxylation is 1. The van der Waals surface area contributed by atoms with Gasteiger partial charge in [0.25, 0.3) is 0 Å². The number of carbonyl (C=O) groups is 2. The van der Waals surface area contributed by atoms with Crippen LogP contribution < -0.4 is 5.32 Å². The summed E-state index contributed by atoms with van der Waals surface area (Å²) in [5, 5.41) is 2.43. The van der Waals surface area contributed by atoms with Gasteiger partial charge in [0.15, 0.2) is 0 Å². The van der Waals surface area contributed by atoms with E-state index in [-0.39, 0.29) is 12.1 Å². The van der Waals surface area contributed by atoms with Crippen molar-refractivity contribution < 1.29 is 14.3 Å². The number of H-pyrrole nitrogens is 1. The van der Waals surface area contributed by atoms with Crippen LogP contribution in [0.4, 0.5) is 4.79 Å².